The fourth-order valence-electron chi connectivity index (χ4n) is 2.16. The van der Waals surface area contributed by atoms with Gasteiger partial charge in [0.1, 0.15) is 0 Å². The van der Waals surface area contributed by atoms with E-state index in [1.165, 1.54) is 6.92 Å². The molecule has 0 aromatic carbocycles. The number of hydrogen-bond acceptors (Lipinski definition) is 2. The van der Waals surface area contributed by atoms with Gasteiger partial charge in [-0.05, 0) is 19.3 Å². The van der Waals surface area contributed by atoms with Gasteiger partial charge >= 0.3 is 5.97 Å². The lowest BCUT2D eigenvalue weighted by Crippen LogP contribution is -2.49. The molecule has 3 unspecified atom stereocenters. The van der Waals surface area contributed by atoms with Gasteiger partial charge < -0.3 is 10.0 Å². The molecule has 1 rings (SSSR count). The number of carbonyl (C=O) groups excluding carboxylic acids is 1. The molecule has 4 heteroatoms. The van der Waals surface area contributed by atoms with E-state index in [0.29, 0.717) is 6.54 Å². The summed E-state index contributed by atoms with van der Waals surface area (Å²) in [6.45, 7) is 5.75. The van der Waals surface area contributed by atoms with Gasteiger partial charge in [0.25, 0.3) is 0 Å². The number of nitrogens with zero attached hydrogens (tertiary/aromatic N) is 1. The van der Waals surface area contributed by atoms with Crippen LogP contribution in [0.5, 0.6) is 0 Å². The largest absolute Gasteiger partial charge is 0.481 e. The molecule has 1 fully saturated rings. The lowest BCUT2D eigenvalue weighted by atomic mass is 9.83. The molecule has 1 aliphatic heterocycles. The molecule has 0 radical (unpaired) electrons. The predicted molar refractivity (Wildman–Crippen MR) is 51.8 cm³/mol. The number of carboxylic acids is 1. The monoisotopic (exact) mass is 199 g/mol. The standard InChI is InChI=1S/C10H17NO3/c1-6-4-7(2)11(8(3)12)5-9(6)10(13)14/h6-7,9H,4-5H2,1-3H3,(H,13,14). The van der Waals surface area contributed by atoms with Crippen molar-refractivity contribution in [3.8, 4) is 0 Å². The first kappa shape index (κ1) is 11.0. The number of rotatable bonds is 1. The third-order valence-electron chi connectivity index (χ3n) is 3.05. The van der Waals surface area contributed by atoms with Crippen LogP contribution in [0.15, 0.2) is 0 Å². The van der Waals surface area contributed by atoms with Crippen LogP contribution in [0.2, 0.25) is 0 Å². The average molecular weight is 199 g/mol. The molecule has 4 nitrogen and oxygen atoms in total. The molecule has 1 amide bonds. The van der Waals surface area contributed by atoms with E-state index in [0.717, 1.165) is 6.42 Å². The summed E-state index contributed by atoms with van der Waals surface area (Å²) >= 11 is 0. The second-order valence-corrected chi connectivity index (χ2v) is 4.18. The van der Waals surface area contributed by atoms with Crippen molar-refractivity contribution in [3.05, 3.63) is 0 Å². The average Bonchev–Trinajstić information content (AvgIpc) is 2.02. The Morgan fingerprint density at radius 1 is 1.36 bits per heavy atom. The van der Waals surface area contributed by atoms with E-state index >= 15 is 0 Å². The van der Waals surface area contributed by atoms with E-state index in [-0.39, 0.29) is 17.9 Å². The Labute approximate surface area is 83.9 Å². The molecule has 0 spiro atoms. The highest BCUT2D eigenvalue weighted by Gasteiger charge is 2.36. The number of aliphatic carboxylic acids is 1. The van der Waals surface area contributed by atoms with Gasteiger partial charge in [-0.2, -0.15) is 0 Å². The number of likely N-dealkylation sites (tertiary alicyclic amines) is 1. The van der Waals surface area contributed by atoms with Crippen LogP contribution in [-0.2, 0) is 9.59 Å². The highest BCUT2D eigenvalue weighted by molar-refractivity contribution is 5.76. The Hall–Kier alpha value is -1.06. The number of piperidine rings is 1. The number of carbonyl (C=O) groups is 2. The lowest BCUT2D eigenvalue weighted by molar-refractivity contribution is -0.149. The minimum atomic E-state index is -0.796. The van der Waals surface area contributed by atoms with E-state index in [1.54, 1.807) is 4.90 Å². The zero-order valence-corrected chi connectivity index (χ0v) is 8.86. The summed E-state index contributed by atoms with van der Waals surface area (Å²) in [4.78, 5) is 23.8. The summed E-state index contributed by atoms with van der Waals surface area (Å²) in [7, 11) is 0. The Morgan fingerprint density at radius 3 is 2.36 bits per heavy atom. The maximum absolute atomic E-state index is 11.2. The minimum absolute atomic E-state index is 0.0318. The molecule has 3 atom stereocenters. The number of carboxylic acid groups (broad SMARTS) is 1. The van der Waals surface area contributed by atoms with Crippen LogP contribution in [0.3, 0.4) is 0 Å². The minimum Gasteiger partial charge on any atom is -0.481 e. The van der Waals surface area contributed by atoms with Crippen LogP contribution < -0.4 is 0 Å². The Kier molecular flexibility index (Phi) is 3.13. The quantitative estimate of drug-likeness (QED) is 0.684. The van der Waals surface area contributed by atoms with E-state index in [1.807, 2.05) is 13.8 Å². The van der Waals surface area contributed by atoms with Gasteiger partial charge in [0.15, 0.2) is 0 Å². The zero-order chi connectivity index (χ0) is 10.9. The molecule has 1 saturated heterocycles. The highest BCUT2D eigenvalue weighted by Crippen LogP contribution is 2.27. The predicted octanol–water partition coefficient (Wildman–Crippen LogP) is 0.964. The van der Waals surface area contributed by atoms with Crippen molar-refractivity contribution in [2.24, 2.45) is 11.8 Å². The molecule has 1 heterocycles. The Bertz CT molecular complexity index is 228. The summed E-state index contributed by atoms with van der Waals surface area (Å²) in [5.74, 6) is -1.08. The van der Waals surface area contributed by atoms with Crippen LogP contribution in [-0.4, -0.2) is 34.5 Å². The number of amides is 1. The molecule has 1 aliphatic rings. The Balaban J connectivity index is 2.75. The molecule has 14 heavy (non-hydrogen) atoms. The van der Waals surface area contributed by atoms with Gasteiger partial charge in [0, 0.05) is 19.5 Å². The van der Waals surface area contributed by atoms with Gasteiger partial charge in [-0.15, -0.1) is 0 Å². The third kappa shape index (κ3) is 2.05. The summed E-state index contributed by atoms with van der Waals surface area (Å²) in [5.41, 5.74) is 0. The van der Waals surface area contributed by atoms with Crippen LogP contribution in [0.4, 0.5) is 0 Å². The maximum atomic E-state index is 11.2. The smallest absolute Gasteiger partial charge is 0.308 e. The molecule has 0 aliphatic carbocycles. The van der Waals surface area contributed by atoms with Gasteiger partial charge in [-0.3, -0.25) is 9.59 Å². The molecule has 0 saturated carbocycles. The van der Waals surface area contributed by atoms with Crippen molar-refractivity contribution in [2.45, 2.75) is 33.2 Å². The van der Waals surface area contributed by atoms with Crippen LogP contribution in [0.1, 0.15) is 27.2 Å². The zero-order valence-electron chi connectivity index (χ0n) is 8.86. The van der Waals surface area contributed by atoms with E-state index in [4.69, 9.17) is 5.11 Å². The van der Waals surface area contributed by atoms with Gasteiger partial charge in [0.2, 0.25) is 5.91 Å². The third-order valence-corrected chi connectivity index (χ3v) is 3.05. The first-order chi connectivity index (χ1) is 6.43. The van der Waals surface area contributed by atoms with E-state index in [2.05, 4.69) is 0 Å². The normalized spacial score (nSPS) is 32.8. The second kappa shape index (κ2) is 3.98. The topological polar surface area (TPSA) is 57.6 Å². The van der Waals surface area contributed by atoms with Crippen LogP contribution in [0.25, 0.3) is 0 Å². The fraction of sp³-hybridized carbons (Fsp3) is 0.800. The van der Waals surface area contributed by atoms with E-state index < -0.39 is 11.9 Å². The lowest BCUT2D eigenvalue weighted by Gasteiger charge is -2.39. The molecular formula is C10H17NO3. The molecule has 0 aromatic heterocycles. The Morgan fingerprint density at radius 2 is 1.93 bits per heavy atom. The summed E-state index contributed by atoms with van der Waals surface area (Å²) in [6, 6.07) is 0.165. The van der Waals surface area contributed by atoms with Gasteiger partial charge in [-0.1, -0.05) is 6.92 Å². The van der Waals surface area contributed by atoms with Crippen molar-refractivity contribution in [3.63, 3.8) is 0 Å². The second-order valence-electron chi connectivity index (χ2n) is 4.18. The van der Waals surface area contributed by atoms with E-state index in [9.17, 15) is 9.59 Å². The van der Waals surface area contributed by atoms with Crippen LogP contribution >= 0.6 is 0 Å². The summed E-state index contributed by atoms with van der Waals surface area (Å²) in [6.07, 6.45) is 0.774. The molecular weight excluding hydrogens is 182 g/mol. The van der Waals surface area contributed by atoms with Crippen molar-refractivity contribution >= 4 is 11.9 Å². The van der Waals surface area contributed by atoms with Gasteiger partial charge in [-0.25, -0.2) is 0 Å². The van der Waals surface area contributed by atoms with Crippen molar-refractivity contribution in [2.75, 3.05) is 6.54 Å². The molecule has 0 bridgehead atoms. The molecule has 80 valence electrons. The summed E-state index contributed by atoms with van der Waals surface area (Å²) < 4.78 is 0. The molecule has 1 N–H and O–H groups in total. The van der Waals surface area contributed by atoms with Crippen LogP contribution in [0, 0.1) is 11.8 Å². The highest BCUT2D eigenvalue weighted by atomic mass is 16.4. The number of hydrogen-bond donors (Lipinski definition) is 1. The SMILES string of the molecule is CC(=O)N1CC(C(=O)O)C(C)CC1C. The molecule has 0 aromatic rings. The van der Waals surface area contributed by atoms with Crippen molar-refractivity contribution in [1.82, 2.24) is 4.90 Å². The maximum Gasteiger partial charge on any atom is 0.308 e. The first-order valence-corrected chi connectivity index (χ1v) is 4.93. The van der Waals surface area contributed by atoms with Gasteiger partial charge in [0.05, 0.1) is 5.92 Å². The fourth-order valence-corrected chi connectivity index (χ4v) is 2.16. The van der Waals surface area contributed by atoms with Crippen molar-refractivity contribution in [1.29, 1.82) is 0 Å². The van der Waals surface area contributed by atoms with Crippen molar-refractivity contribution < 1.29 is 14.7 Å². The first-order valence-electron chi connectivity index (χ1n) is 4.93. The summed E-state index contributed by atoms with van der Waals surface area (Å²) in [5, 5.41) is 8.96.